The van der Waals surface area contributed by atoms with Gasteiger partial charge in [-0.1, -0.05) is 6.92 Å². The maximum absolute atomic E-state index is 12.2. The van der Waals surface area contributed by atoms with Gasteiger partial charge in [0.1, 0.15) is 0 Å². The van der Waals surface area contributed by atoms with Crippen LogP contribution in [-0.4, -0.2) is 67.9 Å². The van der Waals surface area contributed by atoms with Crippen LogP contribution in [0.15, 0.2) is 0 Å². The highest BCUT2D eigenvalue weighted by atomic mass is 19.3. The van der Waals surface area contributed by atoms with Crippen LogP contribution in [0.3, 0.4) is 0 Å². The summed E-state index contributed by atoms with van der Waals surface area (Å²) in [6, 6.07) is 0. The molecule has 0 aromatic heterocycles. The lowest BCUT2D eigenvalue weighted by Crippen LogP contribution is -2.54. The van der Waals surface area contributed by atoms with Crippen LogP contribution < -0.4 is 5.32 Å². The van der Waals surface area contributed by atoms with Crippen LogP contribution in [0, 0.1) is 11.8 Å². The van der Waals surface area contributed by atoms with Gasteiger partial charge in [-0.05, 0) is 19.0 Å². The summed E-state index contributed by atoms with van der Waals surface area (Å²) in [5, 5.41) is 3.17. The molecule has 1 atom stereocenters. The van der Waals surface area contributed by atoms with Crippen LogP contribution in [0.2, 0.25) is 0 Å². The lowest BCUT2D eigenvalue weighted by Gasteiger charge is -2.39. The third-order valence-electron chi connectivity index (χ3n) is 3.99. The zero-order chi connectivity index (χ0) is 13.1. The average Bonchev–Trinajstić information content (AvgIpc) is 2.26. The number of halogens is 2. The minimum atomic E-state index is -2.28. The maximum atomic E-state index is 12.2. The summed E-state index contributed by atoms with van der Waals surface area (Å²) in [5.74, 6) is 0.669. The fraction of sp³-hybridized carbons (Fsp3) is 0.917. The number of rotatable bonds is 4. The monoisotopic (exact) mass is 261 g/mol. The first-order valence-corrected chi connectivity index (χ1v) is 6.58. The van der Waals surface area contributed by atoms with Gasteiger partial charge >= 0.3 is 0 Å². The Bertz CT molecular complexity index is 289. The second kappa shape index (κ2) is 5.93. The molecule has 2 saturated heterocycles. The molecule has 0 saturated carbocycles. The number of hydrogen-bond donors (Lipinski definition) is 1. The molecule has 0 spiro atoms. The summed E-state index contributed by atoms with van der Waals surface area (Å²) in [4.78, 5) is 15.7. The van der Waals surface area contributed by atoms with E-state index < -0.39 is 6.43 Å². The highest BCUT2D eigenvalue weighted by Gasteiger charge is 2.32. The lowest BCUT2D eigenvalue weighted by molar-refractivity contribution is -0.139. The molecule has 0 bridgehead atoms. The van der Waals surface area contributed by atoms with E-state index in [0.717, 1.165) is 13.1 Å². The van der Waals surface area contributed by atoms with Crippen molar-refractivity contribution in [1.82, 2.24) is 15.1 Å². The number of hydrogen-bond acceptors (Lipinski definition) is 3. The zero-order valence-corrected chi connectivity index (χ0v) is 10.7. The molecule has 0 aliphatic carbocycles. The van der Waals surface area contributed by atoms with E-state index in [-0.39, 0.29) is 18.4 Å². The molecule has 4 nitrogen and oxygen atoms in total. The first kappa shape index (κ1) is 13.7. The number of alkyl halides is 2. The minimum absolute atomic E-state index is 0.0490. The Labute approximate surface area is 106 Å². The normalized spacial score (nSPS) is 24.1. The largest absolute Gasteiger partial charge is 0.340 e. The summed E-state index contributed by atoms with van der Waals surface area (Å²) >= 11 is 0. The van der Waals surface area contributed by atoms with Crippen LogP contribution in [-0.2, 0) is 4.79 Å². The smallest absolute Gasteiger partial charge is 0.251 e. The van der Waals surface area contributed by atoms with E-state index in [9.17, 15) is 13.6 Å². The number of nitrogens with zero attached hydrogens (tertiary/aromatic N) is 2. The lowest BCUT2D eigenvalue weighted by atomic mass is 9.88. The Balaban J connectivity index is 1.76. The maximum Gasteiger partial charge on any atom is 0.251 e. The predicted molar refractivity (Wildman–Crippen MR) is 64.5 cm³/mol. The Morgan fingerprint density at radius 2 is 1.89 bits per heavy atom. The molecule has 2 aliphatic rings. The van der Waals surface area contributed by atoms with Crippen LogP contribution in [0.1, 0.15) is 6.92 Å². The van der Waals surface area contributed by atoms with Crippen molar-refractivity contribution in [2.75, 3.05) is 45.8 Å². The average molecular weight is 261 g/mol. The molecule has 18 heavy (non-hydrogen) atoms. The van der Waals surface area contributed by atoms with Gasteiger partial charge in [-0.25, -0.2) is 8.78 Å². The molecule has 2 aliphatic heterocycles. The molecule has 104 valence electrons. The highest BCUT2D eigenvalue weighted by Crippen LogP contribution is 2.19. The standard InChI is InChI=1S/C12H21F2N3O/c1-9(10-6-15-7-10)12(18)17-4-2-16(3-5-17)8-11(13)14/h9-11,15H,2-8H2,1H3. The van der Waals surface area contributed by atoms with E-state index in [2.05, 4.69) is 5.32 Å². The Morgan fingerprint density at radius 1 is 1.28 bits per heavy atom. The number of carbonyl (C=O) groups is 1. The second-order valence-corrected chi connectivity index (χ2v) is 5.22. The van der Waals surface area contributed by atoms with E-state index in [1.807, 2.05) is 11.8 Å². The van der Waals surface area contributed by atoms with Gasteiger partial charge in [-0.15, -0.1) is 0 Å². The van der Waals surface area contributed by atoms with Crippen molar-refractivity contribution in [2.24, 2.45) is 11.8 Å². The fourth-order valence-electron chi connectivity index (χ4n) is 2.50. The molecule has 6 heteroatoms. The molecule has 2 rings (SSSR count). The zero-order valence-electron chi connectivity index (χ0n) is 10.7. The molecule has 2 heterocycles. The first-order chi connectivity index (χ1) is 8.58. The van der Waals surface area contributed by atoms with Gasteiger partial charge in [-0.3, -0.25) is 9.69 Å². The van der Waals surface area contributed by atoms with Gasteiger partial charge in [0.15, 0.2) is 0 Å². The SMILES string of the molecule is CC(C(=O)N1CCN(CC(F)F)CC1)C1CNC1. The summed E-state index contributed by atoms with van der Waals surface area (Å²) in [5.41, 5.74) is 0. The third kappa shape index (κ3) is 3.17. The number of piperazine rings is 1. The van der Waals surface area contributed by atoms with Gasteiger partial charge < -0.3 is 10.2 Å². The van der Waals surface area contributed by atoms with Crippen LogP contribution in [0.4, 0.5) is 8.78 Å². The topological polar surface area (TPSA) is 35.6 Å². The van der Waals surface area contributed by atoms with Crippen molar-refractivity contribution in [2.45, 2.75) is 13.3 Å². The Morgan fingerprint density at radius 3 is 2.33 bits per heavy atom. The number of nitrogens with one attached hydrogen (secondary N) is 1. The van der Waals surface area contributed by atoms with Crippen LogP contribution in [0.5, 0.6) is 0 Å². The van der Waals surface area contributed by atoms with Gasteiger partial charge in [0, 0.05) is 32.1 Å². The number of amides is 1. The molecule has 2 fully saturated rings. The van der Waals surface area contributed by atoms with Crippen LogP contribution >= 0.6 is 0 Å². The van der Waals surface area contributed by atoms with Gasteiger partial charge in [0.2, 0.25) is 5.91 Å². The van der Waals surface area contributed by atoms with Crippen molar-refractivity contribution in [3.8, 4) is 0 Å². The summed E-state index contributed by atoms with van der Waals surface area (Å²) in [6.07, 6.45) is -2.28. The summed E-state index contributed by atoms with van der Waals surface area (Å²) in [7, 11) is 0. The van der Waals surface area contributed by atoms with E-state index in [0.29, 0.717) is 32.1 Å². The second-order valence-electron chi connectivity index (χ2n) is 5.22. The quantitative estimate of drug-likeness (QED) is 0.788. The van der Waals surface area contributed by atoms with Crippen molar-refractivity contribution >= 4 is 5.91 Å². The molecule has 1 amide bonds. The van der Waals surface area contributed by atoms with Crippen molar-refractivity contribution in [3.63, 3.8) is 0 Å². The Hall–Kier alpha value is -0.750. The van der Waals surface area contributed by atoms with Gasteiger partial charge in [-0.2, -0.15) is 0 Å². The highest BCUT2D eigenvalue weighted by molar-refractivity contribution is 5.79. The molecular weight excluding hydrogens is 240 g/mol. The van der Waals surface area contributed by atoms with E-state index in [1.54, 1.807) is 4.90 Å². The molecule has 0 aromatic rings. The Kier molecular flexibility index (Phi) is 4.50. The van der Waals surface area contributed by atoms with E-state index >= 15 is 0 Å². The summed E-state index contributed by atoms with van der Waals surface area (Å²) in [6.45, 7) is 5.91. The third-order valence-corrected chi connectivity index (χ3v) is 3.99. The minimum Gasteiger partial charge on any atom is -0.340 e. The molecule has 0 aromatic carbocycles. The van der Waals surface area contributed by atoms with Crippen molar-refractivity contribution < 1.29 is 13.6 Å². The molecule has 0 radical (unpaired) electrons. The van der Waals surface area contributed by atoms with Gasteiger partial charge in [0.05, 0.1) is 6.54 Å². The molecule has 1 unspecified atom stereocenters. The van der Waals surface area contributed by atoms with Crippen molar-refractivity contribution in [3.05, 3.63) is 0 Å². The van der Waals surface area contributed by atoms with E-state index in [4.69, 9.17) is 0 Å². The number of carbonyl (C=O) groups excluding carboxylic acids is 1. The molecular formula is C12H21F2N3O. The fourth-order valence-corrected chi connectivity index (χ4v) is 2.50. The molecule has 1 N–H and O–H groups in total. The first-order valence-electron chi connectivity index (χ1n) is 6.58. The summed E-state index contributed by atoms with van der Waals surface area (Å²) < 4.78 is 24.5. The predicted octanol–water partition coefficient (Wildman–Crippen LogP) is 0.251. The van der Waals surface area contributed by atoms with Crippen LogP contribution in [0.25, 0.3) is 0 Å². The van der Waals surface area contributed by atoms with E-state index in [1.165, 1.54) is 0 Å². The van der Waals surface area contributed by atoms with Crippen molar-refractivity contribution in [1.29, 1.82) is 0 Å². The van der Waals surface area contributed by atoms with Gasteiger partial charge in [0.25, 0.3) is 6.43 Å².